The fourth-order valence-corrected chi connectivity index (χ4v) is 13.1. The maximum atomic E-state index is 13.7. The van der Waals surface area contributed by atoms with Gasteiger partial charge in [-0.1, -0.05) is 24.2 Å². The van der Waals surface area contributed by atoms with E-state index in [1.54, 1.807) is 113 Å². The van der Waals surface area contributed by atoms with Gasteiger partial charge in [0.1, 0.15) is 0 Å². The Morgan fingerprint density at radius 2 is 0.618 bits per heavy atom. The summed E-state index contributed by atoms with van der Waals surface area (Å²) in [6.45, 7) is 9.45. The van der Waals surface area contributed by atoms with Gasteiger partial charge in [0.25, 0.3) is 23.6 Å². The largest absolute Gasteiger partial charge is 0.324 e. The summed E-state index contributed by atoms with van der Waals surface area (Å²) in [5.41, 5.74) is -3.22. The molecule has 20 aromatic rings. The molecule has 8 aromatic carbocycles. The number of pyridine rings is 4. The van der Waals surface area contributed by atoms with Crippen LogP contribution < -0.4 is 43.7 Å². The van der Waals surface area contributed by atoms with E-state index in [0.29, 0.717) is 39.2 Å². The highest BCUT2D eigenvalue weighted by atomic mass is 16.2. The first-order valence-corrected chi connectivity index (χ1v) is 43.1. The van der Waals surface area contributed by atoms with Gasteiger partial charge in [-0.2, -0.15) is 0 Å². The number of anilines is 4. The summed E-state index contributed by atoms with van der Waals surface area (Å²) in [4.78, 5) is 123. The van der Waals surface area contributed by atoms with Crippen molar-refractivity contribution in [3.05, 3.63) is 466 Å². The molecule has 8 N–H and O–H groups in total. The number of benzene rings is 8. The number of nitrogens with one attached hydrogen (secondary N) is 8. The van der Waals surface area contributed by atoms with E-state index in [9.17, 15) is 19.2 Å². The van der Waals surface area contributed by atoms with Crippen molar-refractivity contribution in [1.82, 2.24) is 88.0 Å². The van der Waals surface area contributed by atoms with Crippen LogP contribution in [0.2, 0.25) is 0 Å². The fourth-order valence-electron chi connectivity index (χ4n) is 13.1. The Labute approximate surface area is 886 Å². The van der Waals surface area contributed by atoms with Crippen LogP contribution in [0.5, 0.6) is 0 Å². The molecule has 0 spiro atoms. The standard InChI is InChI=1S/2C29H26N6O.2C28H25N7O/c2*1-19-9-12-35(18-19)25-14-20(2)13-24(16-25)32-28(36)22-7-6-21(3)27(15-22)34-29-31-11-8-26(33-29)23-5-4-10-30-17-23;2*1-18-11-23(14-24(12-18)35-16-20(3)31-17-35)32-27(36)21-7-6-19(2)26(13-21)34-28-30-10-8-25(33-28)22-5-4-9-29-15-22/h2*4-18H,1-3H3,(H,32,36)(H,31,33,34);2*4-17H,1-3H3,(H,32,36)(H,30,33,34)/i6D,7D,8D,11D,12D,13D,14D,15D,16D,18D;3D3,6D,7D,8D,11D,13D,14D,15D,16D;2D3,6D,7D,8D,10D,11D,12D,13D,14D;6D,7D,8D,10D,11D,12D,13D,14D. The molecule has 0 atom stereocenters. The molecule has 30 heteroatoms. The normalized spacial score (nSPS) is 15.6. The van der Waals surface area contributed by atoms with Gasteiger partial charge in [0.2, 0.25) is 22.5 Å². The number of rotatable bonds is 20. The number of hydrogen-bond acceptors (Lipinski definition) is 18. The average molecular weight is 1940 g/mol. The van der Waals surface area contributed by atoms with Crippen molar-refractivity contribution in [2.24, 2.45) is 20.0 Å². The van der Waals surface area contributed by atoms with E-state index < -0.39 is 197 Å². The maximum absolute atomic E-state index is 13.7. The van der Waals surface area contributed by atoms with Crippen molar-refractivity contribution >= 4 is 69.1 Å². The summed E-state index contributed by atoms with van der Waals surface area (Å²) in [6, 6.07) is 2.94. The SMILES string of the molecule is [2H]c1nc(=Nc2c([2H])c(C(=O)Nc3c([2H])c(C)c([2H])c(-n4c([2H])cc(C)c4[2H])c3[2H])c([2H])c([2H])c2C)[nH]c(-c2cccnc2)c1[2H].[2H]c1nc(=Nc2c([2H])c(C(=O)Nc3c([2H])c(C)c([2H])c(-n4ccc(C)c4)c3[2H])c([2H])c([2H])c2C([2H])([2H])[2H])[nH]c(-c2cccnc2)c1[2H].[2H]c1nc(=Nc2c([2H])c(C(=O)Nc3c([2H])c(C)c([2H])c(-n4cnc(C)c4)c3[2H])c([2H])c([2H])c2C([2H])([2H])[2H])[nH]c(-c2cccnc2)c1[2H].[2H]c1nc(=Nc2c([2H])c(C(=O)Nc3c([2H])c(C)c([2H])c(-n4cnc(C)c4)c3[2H])c([2H])c([2H])c2C)[nH]c(-c2cccnc2)c1[2H]. The second kappa shape index (κ2) is 44.5. The number of imidazole rings is 2. The van der Waals surface area contributed by atoms with Gasteiger partial charge in [0, 0.05) is 210 Å². The van der Waals surface area contributed by atoms with Crippen LogP contribution in [0.25, 0.3) is 67.8 Å². The molecule has 12 aromatic heterocycles. The van der Waals surface area contributed by atoms with Crippen molar-refractivity contribution in [2.75, 3.05) is 21.3 Å². The molecule has 4 amide bonds. The fraction of sp³-hybridized carbons (Fsp3) is 0.105. The molecule has 0 fully saturated rings. The lowest BCUT2D eigenvalue weighted by atomic mass is 10.1. The first-order chi connectivity index (χ1) is 86.5. The summed E-state index contributed by atoms with van der Waals surface area (Å²) in [6.07, 6.45) is 18.9. The Balaban J connectivity index is 0.000000161. The number of aryl methyl sites for hydroxylation is 4. The number of carbonyl (C=O) groups excluding carboxylic acids is 4. The van der Waals surface area contributed by atoms with E-state index in [1.165, 1.54) is 111 Å². The minimum atomic E-state index is -3.08. The summed E-state index contributed by atoms with van der Waals surface area (Å²) in [5, 5.41) is 9.61. The third kappa shape index (κ3) is 25.2. The highest BCUT2D eigenvalue weighted by molar-refractivity contribution is 6.07. The third-order valence-corrected chi connectivity index (χ3v) is 19.8. The van der Waals surface area contributed by atoms with E-state index in [-0.39, 0.29) is 227 Å². The lowest BCUT2D eigenvalue weighted by Gasteiger charge is -2.11. The van der Waals surface area contributed by atoms with E-state index in [2.05, 4.69) is 111 Å². The van der Waals surface area contributed by atoms with Crippen LogP contribution in [0.4, 0.5) is 45.5 Å². The van der Waals surface area contributed by atoms with Gasteiger partial charge in [-0.25, -0.2) is 49.9 Å². The molecule has 20 rings (SSSR count). The second-order valence-corrected chi connectivity index (χ2v) is 31.1. The topological polar surface area (TPSA) is 378 Å². The number of aromatic nitrogens is 18. The number of H-pyrrole nitrogens is 4. The number of amides is 4. The quantitative estimate of drug-likeness (QED) is 0.0352. The van der Waals surface area contributed by atoms with Gasteiger partial charge in [-0.3, -0.25) is 39.1 Å². The van der Waals surface area contributed by atoms with Crippen molar-refractivity contribution in [1.29, 1.82) is 0 Å². The molecule has 0 saturated carbocycles. The van der Waals surface area contributed by atoms with E-state index in [1.807, 2.05) is 6.92 Å². The Morgan fingerprint density at radius 1 is 0.312 bits per heavy atom. The molecule has 712 valence electrons. The molecule has 144 heavy (non-hydrogen) atoms. The molecule has 12 heterocycles. The van der Waals surface area contributed by atoms with Crippen molar-refractivity contribution < 1.29 is 74.0 Å². The van der Waals surface area contributed by atoms with Crippen LogP contribution in [0.1, 0.15) is 163 Å². The molecular formula is C114H102N26O4. The van der Waals surface area contributed by atoms with Crippen LogP contribution >= 0.6 is 0 Å². The van der Waals surface area contributed by atoms with Crippen LogP contribution in [-0.4, -0.2) is 112 Å². The van der Waals surface area contributed by atoms with Gasteiger partial charge < -0.3 is 59.5 Å². The van der Waals surface area contributed by atoms with Crippen molar-refractivity contribution in [3.8, 4) is 67.8 Å². The Hall–Kier alpha value is -19.3. The van der Waals surface area contributed by atoms with Gasteiger partial charge in [0.05, 0.1) is 116 Å². The number of aromatic amines is 4. The minimum absolute atomic E-state index is 0.0104. The molecule has 0 aliphatic rings. The number of carbonyl (C=O) groups is 4. The predicted octanol–water partition coefficient (Wildman–Crippen LogP) is 21.5. The molecule has 0 bridgehead atoms. The summed E-state index contributed by atoms with van der Waals surface area (Å²) in [5.74, 6) is -4.51. The van der Waals surface area contributed by atoms with Gasteiger partial charge in [-0.05, 0) is 344 Å². The molecule has 0 aliphatic heterocycles. The molecule has 0 saturated heterocycles. The first-order valence-electron chi connectivity index (χ1n) is 63.1. The van der Waals surface area contributed by atoms with Crippen molar-refractivity contribution in [3.63, 3.8) is 0 Å². The van der Waals surface area contributed by atoms with Crippen LogP contribution in [0, 0.1) is 82.9 Å². The molecule has 0 unspecified atom stereocenters. The van der Waals surface area contributed by atoms with E-state index >= 15 is 0 Å². The minimum Gasteiger partial charge on any atom is -0.324 e. The average Bonchev–Trinajstić information content (AvgIpc) is 1.01. The zero-order valence-corrected chi connectivity index (χ0v) is 77.5. The summed E-state index contributed by atoms with van der Waals surface area (Å²) < 4.78 is 343. The van der Waals surface area contributed by atoms with Crippen molar-refractivity contribution in [2.45, 2.75) is 82.9 Å². The van der Waals surface area contributed by atoms with Gasteiger partial charge >= 0.3 is 0 Å². The molecule has 0 radical (unpaired) electrons. The van der Waals surface area contributed by atoms with Crippen LogP contribution in [0.3, 0.4) is 0 Å². The highest BCUT2D eigenvalue weighted by Crippen LogP contribution is 2.31. The maximum Gasteiger partial charge on any atom is 0.255 e. The van der Waals surface area contributed by atoms with E-state index in [0.717, 1.165) is 10.1 Å². The first kappa shape index (κ1) is 58.5. The Morgan fingerprint density at radius 3 is 0.889 bits per heavy atom. The smallest absolute Gasteiger partial charge is 0.255 e. The molecule has 30 nitrogen and oxygen atoms in total. The third-order valence-electron chi connectivity index (χ3n) is 19.8. The predicted molar refractivity (Wildman–Crippen MR) is 561 cm³/mol. The van der Waals surface area contributed by atoms with E-state index in [4.69, 9.17) is 54.8 Å². The zero-order valence-electron chi connectivity index (χ0n) is 118. The lowest BCUT2D eigenvalue weighted by molar-refractivity contribution is 0.101. The molecule has 0 aliphatic carbocycles. The second-order valence-electron chi connectivity index (χ2n) is 31.1. The van der Waals surface area contributed by atoms with Gasteiger partial charge in [-0.15, -0.1) is 0 Å². The molecular weight excluding hydrogens is 1800 g/mol. The lowest BCUT2D eigenvalue weighted by Crippen LogP contribution is -2.14. The number of nitrogens with zero attached hydrogens (tertiary/aromatic N) is 18. The number of hydrogen-bond donors (Lipinski definition) is 8. The van der Waals surface area contributed by atoms with Crippen LogP contribution in [-0.2, 0) is 0 Å². The highest BCUT2D eigenvalue weighted by Gasteiger charge is 2.18. The summed E-state index contributed by atoms with van der Waals surface area (Å²) >= 11 is 0. The monoisotopic (exact) mass is 1940 g/mol. The Bertz CT molecular complexity index is 10600. The summed E-state index contributed by atoms with van der Waals surface area (Å²) in [7, 11) is 0. The van der Waals surface area contributed by atoms with Gasteiger partial charge in [0.15, 0.2) is 0 Å². The Kier molecular flexibility index (Phi) is 18.1. The zero-order chi connectivity index (χ0) is 135. The van der Waals surface area contributed by atoms with Crippen LogP contribution in [0.15, 0.2) is 374 Å².